The number of nitrogen functional groups attached to an aromatic ring is 1. The lowest BCUT2D eigenvalue weighted by Crippen LogP contribution is -2.53. The molecule has 0 aromatic carbocycles. The fourth-order valence-electron chi connectivity index (χ4n) is 4.86. The predicted octanol–water partition coefficient (Wildman–Crippen LogP) is 1.94. The van der Waals surface area contributed by atoms with Gasteiger partial charge in [0.1, 0.15) is 17.7 Å². The summed E-state index contributed by atoms with van der Waals surface area (Å²) >= 11 is 0. The van der Waals surface area contributed by atoms with E-state index in [4.69, 9.17) is 5.73 Å². The van der Waals surface area contributed by atoms with E-state index < -0.39 is 5.60 Å². The van der Waals surface area contributed by atoms with E-state index in [-0.39, 0.29) is 10.8 Å². The molecule has 0 unspecified atom stereocenters. The Morgan fingerprint density at radius 1 is 1.38 bits per heavy atom. The van der Waals surface area contributed by atoms with Gasteiger partial charge in [0, 0.05) is 10.8 Å². The van der Waals surface area contributed by atoms with Crippen LogP contribution in [0.25, 0.3) is 5.78 Å². The first-order chi connectivity index (χ1) is 11.2. The summed E-state index contributed by atoms with van der Waals surface area (Å²) < 4.78 is 1.48. The number of aromatic nitrogens is 4. The number of rotatable bonds is 0. The molecule has 2 heterocycles. The third-order valence-electron chi connectivity index (χ3n) is 6.58. The van der Waals surface area contributed by atoms with Crippen molar-refractivity contribution >= 4 is 11.6 Å². The molecule has 24 heavy (non-hydrogen) atoms. The quantitative estimate of drug-likeness (QED) is 0.723. The van der Waals surface area contributed by atoms with Crippen molar-refractivity contribution < 1.29 is 5.11 Å². The van der Waals surface area contributed by atoms with Gasteiger partial charge in [-0.15, -0.1) is 0 Å². The van der Waals surface area contributed by atoms with E-state index in [1.807, 2.05) is 6.92 Å². The molecule has 3 N–H and O–H groups in total. The zero-order valence-electron chi connectivity index (χ0n) is 14.6. The Hall–Kier alpha value is -2.13. The molecule has 2 saturated carbocycles. The predicted molar refractivity (Wildman–Crippen MR) is 91.0 cm³/mol. The topological polar surface area (TPSA) is 89.3 Å². The molecule has 0 radical (unpaired) electrons. The first kappa shape index (κ1) is 15.4. The van der Waals surface area contributed by atoms with Gasteiger partial charge in [0.15, 0.2) is 0 Å². The highest BCUT2D eigenvalue weighted by atomic mass is 16.3. The highest BCUT2D eigenvalue weighted by Gasteiger charge is 2.68. The number of hydrogen-bond donors (Lipinski definition) is 2. The van der Waals surface area contributed by atoms with Crippen LogP contribution in [0.15, 0.2) is 6.33 Å². The number of nitrogens with zero attached hydrogens (tertiary/aromatic N) is 4. The van der Waals surface area contributed by atoms with Crippen molar-refractivity contribution in [2.75, 3.05) is 5.73 Å². The minimum Gasteiger partial charge on any atom is -0.382 e. The Morgan fingerprint density at radius 3 is 2.79 bits per heavy atom. The summed E-state index contributed by atoms with van der Waals surface area (Å²) in [7, 11) is 0. The Morgan fingerprint density at radius 2 is 2.12 bits per heavy atom. The minimum atomic E-state index is -1.03. The van der Waals surface area contributed by atoms with Crippen molar-refractivity contribution in [3.63, 3.8) is 0 Å². The van der Waals surface area contributed by atoms with Gasteiger partial charge in [0.2, 0.25) is 0 Å². The van der Waals surface area contributed by atoms with E-state index in [1.165, 1.54) is 17.3 Å². The fourth-order valence-corrected chi connectivity index (χ4v) is 4.86. The Labute approximate surface area is 141 Å². The maximum atomic E-state index is 11.5. The third-order valence-corrected chi connectivity index (χ3v) is 6.58. The van der Waals surface area contributed by atoms with Gasteiger partial charge in [-0.3, -0.25) is 0 Å². The summed E-state index contributed by atoms with van der Waals surface area (Å²) in [6, 6.07) is 0. The van der Waals surface area contributed by atoms with E-state index in [0.717, 1.165) is 12.8 Å². The van der Waals surface area contributed by atoms with Crippen LogP contribution in [0, 0.1) is 35.5 Å². The van der Waals surface area contributed by atoms with Gasteiger partial charge in [0.25, 0.3) is 5.78 Å². The van der Waals surface area contributed by atoms with Crippen molar-refractivity contribution in [2.24, 2.45) is 16.7 Å². The van der Waals surface area contributed by atoms with Crippen LogP contribution in [0.3, 0.4) is 0 Å². The zero-order chi connectivity index (χ0) is 17.3. The molecule has 2 fully saturated rings. The highest BCUT2D eigenvalue weighted by Crippen LogP contribution is 2.67. The first-order valence-corrected chi connectivity index (χ1v) is 8.41. The van der Waals surface area contributed by atoms with Crippen LogP contribution in [0.2, 0.25) is 0 Å². The number of nitrogens with two attached hydrogens (primary N) is 1. The van der Waals surface area contributed by atoms with Crippen LogP contribution in [-0.2, 0) is 0 Å². The van der Waals surface area contributed by atoms with Gasteiger partial charge in [0.05, 0.1) is 11.3 Å². The van der Waals surface area contributed by atoms with Gasteiger partial charge >= 0.3 is 0 Å². The Kier molecular flexibility index (Phi) is 2.88. The number of aliphatic hydroxyl groups is 1. The van der Waals surface area contributed by atoms with Gasteiger partial charge < -0.3 is 10.8 Å². The summed E-state index contributed by atoms with van der Waals surface area (Å²) in [5, 5.41) is 15.6. The number of hydrogen-bond acceptors (Lipinski definition) is 5. The molecule has 2 aliphatic carbocycles. The normalized spacial score (nSPS) is 33.6. The Bertz CT molecular complexity index is 898. The van der Waals surface area contributed by atoms with Crippen molar-refractivity contribution in [3.05, 3.63) is 17.6 Å². The summed E-state index contributed by atoms with van der Waals surface area (Å²) in [6.07, 6.45) is 4.63. The van der Waals surface area contributed by atoms with Crippen LogP contribution >= 0.6 is 0 Å². The molecule has 3 atom stereocenters. The van der Waals surface area contributed by atoms with Crippen LogP contribution in [0.4, 0.5) is 5.82 Å². The largest absolute Gasteiger partial charge is 0.382 e. The summed E-state index contributed by atoms with van der Waals surface area (Å²) in [5.74, 6) is 7.72. The molecule has 2 aliphatic rings. The van der Waals surface area contributed by atoms with Crippen LogP contribution in [0.1, 0.15) is 51.3 Å². The second-order valence-electron chi connectivity index (χ2n) is 8.11. The molecule has 0 amide bonds. The monoisotopic (exact) mass is 325 g/mol. The average molecular weight is 325 g/mol. The zero-order valence-corrected chi connectivity index (χ0v) is 14.6. The summed E-state index contributed by atoms with van der Waals surface area (Å²) in [4.78, 5) is 8.45. The smallest absolute Gasteiger partial charge is 0.254 e. The highest BCUT2D eigenvalue weighted by molar-refractivity contribution is 5.58. The summed E-state index contributed by atoms with van der Waals surface area (Å²) in [6.45, 7) is 8.27. The molecule has 126 valence electrons. The second kappa shape index (κ2) is 4.48. The van der Waals surface area contributed by atoms with Gasteiger partial charge in [-0.25, -0.2) is 4.98 Å². The lowest BCUT2D eigenvalue weighted by atomic mass is 9.60. The number of fused-ring (bicyclic) bond motifs is 3. The van der Waals surface area contributed by atoms with Crippen LogP contribution in [-0.4, -0.2) is 30.3 Å². The van der Waals surface area contributed by atoms with E-state index in [2.05, 4.69) is 47.7 Å². The fraction of sp³-hybridized carbons (Fsp3) is 0.611. The molecule has 4 rings (SSSR count). The van der Waals surface area contributed by atoms with Crippen molar-refractivity contribution in [2.45, 2.75) is 52.6 Å². The molecule has 0 spiro atoms. The molecule has 2 aromatic rings. The lowest BCUT2D eigenvalue weighted by Gasteiger charge is -2.47. The maximum absolute atomic E-state index is 11.5. The van der Waals surface area contributed by atoms with E-state index >= 15 is 0 Å². The van der Waals surface area contributed by atoms with Gasteiger partial charge in [-0.05, 0) is 32.1 Å². The van der Waals surface area contributed by atoms with Crippen molar-refractivity contribution in [1.82, 2.24) is 19.6 Å². The molecule has 0 aliphatic heterocycles. The van der Waals surface area contributed by atoms with Crippen molar-refractivity contribution in [3.8, 4) is 11.8 Å². The van der Waals surface area contributed by atoms with Crippen LogP contribution in [0.5, 0.6) is 0 Å². The van der Waals surface area contributed by atoms with Crippen molar-refractivity contribution in [1.29, 1.82) is 0 Å². The van der Waals surface area contributed by atoms with E-state index in [1.54, 1.807) is 0 Å². The third kappa shape index (κ3) is 1.68. The number of anilines is 1. The minimum absolute atomic E-state index is 0.165. The average Bonchev–Trinajstić information content (AvgIpc) is 3.16. The molecule has 2 bridgehead atoms. The Balaban J connectivity index is 1.85. The van der Waals surface area contributed by atoms with E-state index in [9.17, 15) is 5.11 Å². The maximum Gasteiger partial charge on any atom is 0.254 e. The molecule has 0 saturated heterocycles. The second-order valence-corrected chi connectivity index (χ2v) is 8.11. The van der Waals surface area contributed by atoms with E-state index in [0.29, 0.717) is 28.8 Å². The molecule has 2 aromatic heterocycles. The lowest BCUT2D eigenvalue weighted by molar-refractivity contribution is -0.0953. The molecule has 6 heteroatoms. The SMILES string of the molecule is Cc1nc2ncnn2c(N)c1C#C[C@@]1(O)C(C)(C)[C@@H]2CC[C@@]1(C)C2. The molecule has 6 nitrogen and oxygen atoms in total. The molecular weight excluding hydrogens is 302 g/mol. The summed E-state index contributed by atoms with van der Waals surface area (Å²) in [5.41, 5.74) is 6.09. The van der Waals surface area contributed by atoms with Gasteiger partial charge in [-0.1, -0.05) is 32.6 Å². The number of aryl methyl sites for hydroxylation is 1. The molecular formula is C18H23N5O. The van der Waals surface area contributed by atoms with Gasteiger partial charge in [-0.2, -0.15) is 14.6 Å². The first-order valence-electron chi connectivity index (χ1n) is 8.41. The standard InChI is InChI=1S/C18H23N5O/c1-11-13(14(19)23-15(22-11)20-10-21-23)6-8-18(24)16(2,3)12-5-7-17(18,4)9-12/h10,12,24H,5,7,9,19H2,1-4H3/t12-,17+,18-/m1/s1. The van der Waals surface area contributed by atoms with Crippen LogP contribution < -0.4 is 5.73 Å².